The first kappa shape index (κ1) is 18.0. The molecule has 2 rings (SSSR count). The van der Waals surface area contributed by atoms with Crippen LogP contribution in [-0.2, 0) is 4.74 Å². The molecule has 1 aliphatic heterocycles. The van der Waals surface area contributed by atoms with E-state index in [4.69, 9.17) is 9.47 Å². The van der Waals surface area contributed by atoms with E-state index in [2.05, 4.69) is 15.9 Å². The Labute approximate surface area is 139 Å². The molecule has 5 heteroatoms. The summed E-state index contributed by atoms with van der Waals surface area (Å²) >= 11 is 0. The van der Waals surface area contributed by atoms with Crippen molar-refractivity contribution in [3.63, 3.8) is 0 Å². The molecule has 0 aliphatic carbocycles. The van der Waals surface area contributed by atoms with Gasteiger partial charge in [-0.05, 0) is 32.9 Å². The molecule has 0 bridgehead atoms. The Hall–Kier alpha value is -1.30. The van der Waals surface area contributed by atoms with Crippen molar-refractivity contribution in [2.75, 3.05) is 51.3 Å². The third-order valence-electron chi connectivity index (χ3n) is 3.98. The molecule has 0 amide bonds. The van der Waals surface area contributed by atoms with E-state index in [9.17, 15) is 5.11 Å². The number of hydrogen-bond acceptors (Lipinski definition) is 5. The lowest BCUT2D eigenvalue weighted by Crippen LogP contribution is -2.49. The van der Waals surface area contributed by atoms with E-state index >= 15 is 0 Å². The van der Waals surface area contributed by atoms with Crippen molar-refractivity contribution in [1.82, 2.24) is 4.90 Å². The number of hydrogen-bond donors (Lipinski definition) is 1. The van der Waals surface area contributed by atoms with E-state index in [1.807, 2.05) is 39.0 Å². The predicted octanol–water partition coefficient (Wildman–Crippen LogP) is 1.99. The minimum atomic E-state index is -0.438. The average molecular weight is 322 g/mol. The first-order valence-electron chi connectivity index (χ1n) is 8.31. The van der Waals surface area contributed by atoms with E-state index in [0.29, 0.717) is 13.2 Å². The molecule has 23 heavy (non-hydrogen) atoms. The second-order valence-corrected chi connectivity index (χ2v) is 7.04. The van der Waals surface area contributed by atoms with Crippen LogP contribution in [0.25, 0.3) is 0 Å². The molecule has 0 spiro atoms. The van der Waals surface area contributed by atoms with Gasteiger partial charge in [0.05, 0.1) is 31.1 Å². The summed E-state index contributed by atoms with van der Waals surface area (Å²) in [7, 11) is 1.71. The van der Waals surface area contributed by atoms with Gasteiger partial charge in [-0.1, -0.05) is 12.1 Å². The van der Waals surface area contributed by atoms with E-state index in [1.54, 1.807) is 7.11 Å². The standard InChI is InChI=1S/C18H30N2O3/c1-18(2,3)23-14-15(21)13-19-9-11-20(12-10-19)16-7-5-6-8-17(16)22-4/h5-8,15,21H,9-14H2,1-4H3. The van der Waals surface area contributed by atoms with Gasteiger partial charge in [0, 0.05) is 32.7 Å². The molecule has 1 heterocycles. The number of methoxy groups -OCH3 is 1. The summed E-state index contributed by atoms with van der Waals surface area (Å²) in [6.07, 6.45) is -0.438. The summed E-state index contributed by atoms with van der Waals surface area (Å²) in [5.74, 6) is 0.916. The van der Waals surface area contributed by atoms with Crippen molar-refractivity contribution >= 4 is 5.69 Å². The Bertz CT molecular complexity index is 479. The Morgan fingerprint density at radius 3 is 2.39 bits per heavy atom. The molecule has 1 saturated heterocycles. The van der Waals surface area contributed by atoms with Crippen molar-refractivity contribution in [1.29, 1.82) is 0 Å². The fraction of sp³-hybridized carbons (Fsp3) is 0.667. The Morgan fingerprint density at radius 1 is 1.13 bits per heavy atom. The van der Waals surface area contributed by atoms with E-state index < -0.39 is 6.10 Å². The first-order chi connectivity index (χ1) is 10.9. The van der Waals surface area contributed by atoms with Crippen LogP contribution in [0.15, 0.2) is 24.3 Å². The highest BCUT2D eigenvalue weighted by Crippen LogP contribution is 2.28. The van der Waals surface area contributed by atoms with Gasteiger partial charge >= 0.3 is 0 Å². The van der Waals surface area contributed by atoms with E-state index in [1.165, 1.54) is 0 Å². The predicted molar refractivity (Wildman–Crippen MR) is 93.4 cm³/mol. The van der Waals surface area contributed by atoms with Crippen molar-refractivity contribution in [2.45, 2.75) is 32.5 Å². The van der Waals surface area contributed by atoms with Crippen LogP contribution >= 0.6 is 0 Å². The maximum absolute atomic E-state index is 10.1. The van der Waals surface area contributed by atoms with Gasteiger partial charge in [0.2, 0.25) is 0 Å². The van der Waals surface area contributed by atoms with Crippen LogP contribution in [0.1, 0.15) is 20.8 Å². The summed E-state index contributed by atoms with van der Waals surface area (Å²) in [6, 6.07) is 8.12. The molecule has 0 aromatic heterocycles. The summed E-state index contributed by atoms with van der Waals surface area (Å²) in [4.78, 5) is 4.63. The number of benzene rings is 1. The van der Waals surface area contributed by atoms with Crippen LogP contribution in [-0.4, -0.2) is 68.2 Å². The highest BCUT2D eigenvalue weighted by molar-refractivity contribution is 5.58. The number of piperazine rings is 1. The van der Waals surface area contributed by atoms with Gasteiger partial charge in [-0.3, -0.25) is 4.90 Å². The summed E-state index contributed by atoms with van der Waals surface area (Å²) < 4.78 is 11.1. The lowest BCUT2D eigenvalue weighted by molar-refractivity contribution is -0.0563. The molecule has 5 nitrogen and oxygen atoms in total. The first-order valence-corrected chi connectivity index (χ1v) is 8.31. The lowest BCUT2D eigenvalue weighted by atomic mass is 10.2. The number of β-amino-alcohol motifs (C(OH)–C–C–N with tert-alkyl or cyclic N) is 1. The van der Waals surface area contributed by atoms with Crippen molar-refractivity contribution < 1.29 is 14.6 Å². The number of aliphatic hydroxyl groups excluding tert-OH is 1. The lowest BCUT2D eigenvalue weighted by Gasteiger charge is -2.37. The molecule has 130 valence electrons. The molecule has 1 fully saturated rings. The van der Waals surface area contributed by atoms with Crippen LogP contribution < -0.4 is 9.64 Å². The largest absolute Gasteiger partial charge is 0.495 e. The number of rotatable bonds is 6. The average Bonchev–Trinajstić information content (AvgIpc) is 2.53. The highest BCUT2D eigenvalue weighted by atomic mass is 16.5. The Morgan fingerprint density at radius 2 is 1.78 bits per heavy atom. The minimum absolute atomic E-state index is 0.205. The van der Waals surface area contributed by atoms with Crippen LogP contribution in [0.2, 0.25) is 0 Å². The summed E-state index contributed by atoms with van der Waals surface area (Å²) in [6.45, 7) is 10.8. The van der Waals surface area contributed by atoms with Crippen LogP contribution in [0.3, 0.4) is 0 Å². The molecule has 1 unspecified atom stereocenters. The van der Waals surface area contributed by atoms with Gasteiger partial charge < -0.3 is 19.5 Å². The van der Waals surface area contributed by atoms with Crippen LogP contribution in [0, 0.1) is 0 Å². The van der Waals surface area contributed by atoms with Crippen molar-refractivity contribution in [2.24, 2.45) is 0 Å². The zero-order valence-electron chi connectivity index (χ0n) is 14.8. The minimum Gasteiger partial charge on any atom is -0.495 e. The molecule has 1 aromatic carbocycles. The molecule has 0 saturated carbocycles. The Kier molecular flexibility index (Phi) is 6.27. The Balaban J connectivity index is 1.80. The van der Waals surface area contributed by atoms with Gasteiger partial charge in [-0.25, -0.2) is 0 Å². The van der Waals surface area contributed by atoms with E-state index in [0.717, 1.165) is 37.6 Å². The van der Waals surface area contributed by atoms with Gasteiger partial charge in [-0.15, -0.1) is 0 Å². The second kappa shape index (κ2) is 7.99. The normalized spacial score (nSPS) is 18.0. The molecular formula is C18H30N2O3. The summed E-state index contributed by atoms with van der Waals surface area (Å²) in [5.41, 5.74) is 0.940. The van der Waals surface area contributed by atoms with Gasteiger partial charge in [0.25, 0.3) is 0 Å². The zero-order chi connectivity index (χ0) is 16.9. The quantitative estimate of drug-likeness (QED) is 0.868. The van der Waals surface area contributed by atoms with Gasteiger partial charge in [0.1, 0.15) is 5.75 Å². The highest BCUT2D eigenvalue weighted by Gasteiger charge is 2.22. The number of para-hydroxylation sites is 2. The maximum Gasteiger partial charge on any atom is 0.142 e. The molecule has 1 N–H and O–H groups in total. The zero-order valence-corrected chi connectivity index (χ0v) is 14.8. The number of aliphatic hydroxyl groups is 1. The third kappa shape index (κ3) is 5.68. The van der Waals surface area contributed by atoms with Crippen LogP contribution in [0.5, 0.6) is 5.75 Å². The SMILES string of the molecule is COc1ccccc1N1CCN(CC(O)COC(C)(C)C)CC1. The number of ether oxygens (including phenoxy) is 2. The monoisotopic (exact) mass is 322 g/mol. The second-order valence-electron chi connectivity index (χ2n) is 7.04. The third-order valence-corrected chi connectivity index (χ3v) is 3.98. The number of nitrogens with zero attached hydrogens (tertiary/aromatic N) is 2. The maximum atomic E-state index is 10.1. The molecule has 1 aliphatic rings. The molecule has 0 radical (unpaired) electrons. The van der Waals surface area contributed by atoms with Crippen molar-refractivity contribution in [3.05, 3.63) is 24.3 Å². The van der Waals surface area contributed by atoms with Crippen LogP contribution in [0.4, 0.5) is 5.69 Å². The van der Waals surface area contributed by atoms with E-state index in [-0.39, 0.29) is 5.60 Å². The fourth-order valence-electron chi connectivity index (χ4n) is 2.76. The summed E-state index contributed by atoms with van der Waals surface area (Å²) in [5, 5.41) is 10.1. The number of anilines is 1. The topological polar surface area (TPSA) is 45.2 Å². The molecule has 1 aromatic rings. The van der Waals surface area contributed by atoms with Gasteiger partial charge in [0.15, 0.2) is 0 Å². The smallest absolute Gasteiger partial charge is 0.142 e. The van der Waals surface area contributed by atoms with Gasteiger partial charge in [-0.2, -0.15) is 0 Å². The fourth-order valence-corrected chi connectivity index (χ4v) is 2.76. The van der Waals surface area contributed by atoms with Crippen molar-refractivity contribution in [3.8, 4) is 5.75 Å². The molecule has 1 atom stereocenters. The molecular weight excluding hydrogens is 292 g/mol.